The van der Waals surface area contributed by atoms with Crippen molar-refractivity contribution >= 4 is 34.0 Å². The quantitative estimate of drug-likeness (QED) is 0.568. The van der Waals surface area contributed by atoms with Gasteiger partial charge in [0.1, 0.15) is 11.5 Å². The number of thiazole rings is 1. The molecule has 2 aromatic heterocycles. The Labute approximate surface area is 159 Å². The summed E-state index contributed by atoms with van der Waals surface area (Å²) in [6.45, 7) is 1.32. The molecular formula is C17H10ClF4N3OS. The summed E-state index contributed by atoms with van der Waals surface area (Å²) in [5.41, 5.74) is -0.0831. The number of pyridine rings is 1. The lowest BCUT2D eigenvalue weighted by atomic mass is 10.1. The van der Waals surface area contributed by atoms with Crippen LogP contribution in [0, 0.1) is 12.7 Å². The van der Waals surface area contributed by atoms with Crippen LogP contribution in [0.3, 0.4) is 0 Å². The number of halogens is 5. The van der Waals surface area contributed by atoms with Gasteiger partial charge in [-0.3, -0.25) is 10.1 Å². The van der Waals surface area contributed by atoms with Gasteiger partial charge in [-0.05, 0) is 37.3 Å². The first kappa shape index (κ1) is 19.2. The van der Waals surface area contributed by atoms with E-state index < -0.39 is 23.6 Å². The molecule has 1 N–H and O–H groups in total. The first-order chi connectivity index (χ1) is 12.6. The minimum atomic E-state index is -4.58. The van der Waals surface area contributed by atoms with Gasteiger partial charge in [-0.1, -0.05) is 11.6 Å². The summed E-state index contributed by atoms with van der Waals surface area (Å²) in [5.74, 6) is -1.19. The van der Waals surface area contributed by atoms with Gasteiger partial charge in [0.15, 0.2) is 5.13 Å². The SMILES string of the molecule is Cc1nc(C(F)(F)F)ccc1C(=O)Nc1nc(-c2ccc(F)c(Cl)c2)cs1. The first-order valence-electron chi connectivity index (χ1n) is 7.42. The second kappa shape index (κ2) is 7.24. The Bertz CT molecular complexity index is 1020. The number of nitrogens with zero attached hydrogens (tertiary/aromatic N) is 2. The van der Waals surface area contributed by atoms with E-state index in [4.69, 9.17) is 11.6 Å². The molecule has 3 aromatic rings. The Hall–Kier alpha value is -2.52. The van der Waals surface area contributed by atoms with Crippen LogP contribution < -0.4 is 5.32 Å². The van der Waals surface area contributed by atoms with Crippen molar-refractivity contribution in [3.63, 3.8) is 0 Å². The number of aryl methyl sites for hydroxylation is 1. The highest BCUT2D eigenvalue weighted by Gasteiger charge is 2.33. The molecule has 0 saturated carbocycles. The third-order valence-corrected chi connectivity index (χ3v) is 4.61. The van der Waals surface area contributed by atoms with E-state index in [0.29, 0.717) is 11.3 Å². The summed E-state index contributed by atoms with van der Waals surface area (Å²) in [5, 5.41) is 4.32. The van der Waals surface area contributed by atoms with Gasteiger partial charge in [0, 0.05) is 10.9 Å². The van der Waals surface area contributed by atoms with Crippen molar-refractivity contribution in [2.24, 2.45) is 0 Å². The van der Waals surface area contributed by atoms with Gasteiger partial charge in [0.25, 0.3) is 5.91 Å². The lowest BCUT2D eigenvalue weighted by Crippen LogP contribution is -2.16. The number of rotatable bonds is 3. The molecular weight excluding hydrogens is 406 g/mol. The van der Waals surface area contributed by atoms with Crippen LogP contribution in [0.25, 0.3) is 11.3 Å². The molecule has 0 aliphatic rings. The molecule has 2 heterocycles. The van der Waals surface area contributed by atoms with Crippen LogP contribution >= 0.6 is 22.9 Å². The maximum absolute atomic E-state index is 13.2. The average molecular weight is 416 g/mol. The molecule has 4 nitrogen and oxygen atoms in total. The van der Waals surface area contributed by atoms with Crippen LogP contribution in [0.4, 0.5) is 22.7 Å². The maximum atomic E-state index is 13.2. The summed E-state index contributed by atoms with van der Waals surface area (Å²) in [7, 11) is 0. The van der Waals surface area contributed by atoms with E-state index in [2.05, 4.69) is 15.3 Å². The second-order valence-electron chi connectivity index (χ2n) is 5.45. The van der Waals surface area contributed by atoms with Gasteiger partial charge in [-0.15, -0.1) is 11.3 Å². The zero-order valence-electron chi connectivity index (χ0n) is 13.6. The lowest BCUT2D eigenvalue weighted by molar-refractivity contribution is -0.141. The highest BCUT2D eigenvalue weighted by molar-refractivity contribution is 7.14. The lowest BCUT2D eigenvalue weighted by Gasteiger charge is -2.09. The highest BCUT2D eigenvalue weighted by atomic mass is 35.5. The zero-order valence-corrected chi connectivity index (χ0v) is 15.1. The molecule has 1 aromatic carbocycles. The third-order valence-electron chi connectivity index (χ3n) is 3.56. The van der Waals surface area contributed by atoms with E-state index in [1.807, 2.05) is 0 Å². The Morgan fingerprint density at radius 1 is 1.19 bits per heavy atom. The number of hydrogen-bond donors (Lipinski definition) is 1. The van der Waals surface area contributed by atoms with Crippen molar-refractivity contribution < 1.29 is 22.4 Å². The molecule has 27 heavy (non-hydrogen) atoms. The van der Waals surface area contributed by atoms with E-state index in [9.17, 15) is 22.4 Å². The number of nitrogens with one attached hydrogen (secondary N) is 1. The number of aromatic nitrogens is 2. The fourth-order valence-corrected chi connectivity index (χ4v) is 3.14. The number of carbonyl (C=O) groups is 1. The van der Waals surface area contributed by atoms with Crippen LogP contribution in [0.1, 0.15) is 21.7 Å². The fraction of sp³-hybridized carbons (Fsp3) is 0.118. The van der Waals surface area contributed by atoms with Gasteiger partial charge in [0.2, 0.25) is 0 Å². The Kier molecular flexibility index (Phi) is 5.16. The van der Waals surface area contributed by atoms with Crippen molar-refractivity contribution in [1.82, 2.24) is 9.97 Å². The Balaban J connectivity index is 1.79. The smallest absolute Gasteiger partial charge is 0.298 e. The monoisotopic (exact) mass is 415 g/mol. The molecule has 0 spiro atoms. The summed E-state index contributed by atoms with van der Waals surface area (Å²) in [6, 6.07) is 5.91. The van der Waals surface area contributed by atoms with Crippen molar-refractivity contribution in [2.45, 2.75) is 13.1 Å². The average Bonchev–Trinajstić information content (AvgIpc) is 3.04. The van der Waals surface area contributed by atoms with Gasteiger partial charge >= 0.3 is 6.18 Å². The van der Waals surface area contributed by atoms with Gasteiger partial charge in [0.05, 0.1) is 22.0 Å². The molecule has 1 amide bonds. The molecule has 3 rings (SSSR count). The van der Waals surface area contributed by atoms with Gasteiger partial charge in [-0.2, -0.15) is 13.2 Å². The van der Waals surface area contributed by atoms with E-state index >= 15 is 0 Å². The van der Waals surface area contributed by atoms with Crippen molar-refractivity contribution in [2.75, 3.05) is 5.32 Å². The van der Waals surface area contributed by atoms with Crippen molar-refractivity contribution in [3.05, 3.63) is 63.5 Å². The predicted octanol–water partition coefficient (Wildman–Crippen LogP) is 5.58. The maximum Gasteiger partial charge on any atom is 0.433 e. The Morgan fingerprint density at radius 2 is 1.93 bits per heavy atom. The molecule has 0 radical (unpaired) electrons. The highest BCUT2D eigenvalue weighted by Crippen LogP contribution is 2.30. The molecule has 0 saturated heterocycles. The first-order valence-corrected chi connectivity index (χ1v) is 8.68. The van der Waals surface area contributed by atoms with Crippen molar-refractivity contribution in [3.8, 4) is 11.3 Å². The summed E-state index contributed by atoms with van der Waals surface area (Å²) in [4.78, 5) is 19.9. The molecule has 0 fully saturated rings. The summed E-state index contributed by atoms with van der Waals surface area (Å²) in [6.07, 6.45) is -4.58. The van der Waals surface area contributed by atoms with Crippen LogP contribution in [-0.4, -0.2) is 15.9 Å². The minimum absolute atomic E-state index is 0.00424. The number of carbonyl (C=O) groups excluding carboxylic acids is 1. The summed E-state index contributed by atoms with van der Waals surface area (Å²) >= 11 is 6.85. The van der Waals surface area contributed by atoms with Crippen LogP contribution in [-0.2, 0) is 6.18 Å². The molecule has 0 bridgehead atoms. The van der Waals surface area contributed by atoms with Crippen LogP contribution in [0.15, 0.2) is 35.7 Å². The minimum Gasteiger partial charge on any atom is -0.298 e. The summed E-state index contributed by atoms with van der Waals surface area (Å²) < 4.78 is 51.2. The molecule has 10 heteroatoms. The van der Waals surface area contributed by atoms with E-state index in [1.54, 1.807) is 5.38 Å². The molecule has 0 aliphatic carbocycles. The number of benzene rings is 1. The van der Waals surface area contributed by atoms with Crippen LogP contribution in [0.5, 0.6) is 0 Å². The van der Waals surface area contributed by atoms with Crippen molar-refractivity contribution in [1.29, 1.82) is 0 Å². The van der Waals surface area contributed by atoms with E-state index in [-0.39, 0.29) is 21.4 Å². The molecule has 0 atom stereocenters. The molecule has 0 aliphatic heterocycles. The fourth-order valence-electron chi connectivity index (χ4n) is 2.24. The molecule has 0 unspecified atom stereocenters. The normalized spacial score (nSPS) is 11.5. The predicted molar refractivity (Wildman–Crippen MR) is 94.4 cm³/mol. The van der Waals surface area contributed by atoms with Gasteiger partial charge in [-0.25, -0.2) is 14.4 Å². The Morgan fingerprint density at radius 3 is 2.56 bits per heavy atom. The van der Waals surface area contributed by atoms with E-state index in [1.165, 1.54) is 25.1 Å². The molecule has 140 valence electrons. The second-order valence-corrected chi connectivity index (χ2v) is 6.71. The largest absolute Gasteiger partial charge is 0.433 e. The topological polar surface area (TPSA) is 54.9 Å². The standard InChI is InChI=1S/C17H10ClF4N3OS/c1-8-10(3-5-14(23-8)17(20,21)22)15(26)25-16-24-13(7-27-16)9-2-4-12(19)11(18)6-9/h2-7H,1H3,(H,24,25,26). The number of anilines is 1. The number of amides is 1. The zero-order chi connectivity index (χ0) is 19.8. The van der Waals surface area contributed by atoms with E-state index in [0.717, 1.165) is 23.5 Å². The number of hydrogen-bond acceptors (Lipinski definition) is 4. The van der Waals surface area contributed by atoms with Gasteiger partial charge < -0.3 is 0 Å². The number of alkyl halides is 3. The third kappa shape index (κ3) is 4.25. The van der Waals surface area contributed by atoms with Crippen LogP contribution in [0.2, 0.25) is 5.02 Å².